The minimum Gasteiger partial charge on any atom is -0.399 e. The number of nitrogens with two attached hydrogens (primary N) is 1. The summed E-state index contributed by atoms with van der Waals surface area (Å²) in [6, 6.07) is 3.53. The second-order valence-electron chi connectivity index (χ2n) is 4.77. The third-order valence-electron chi connectivity index (χ3n) is 3.15. The Balaban J connectivity index is 2.41. The Kier molecular flexibility index (Phi) is 4.03. The highest BCUT2D eigenvalue weighted by molar-refractivity contribution is 7.92. The summed E-state index contributed by atoms with van der Waals surface area (Å²) in [7, 11) is -7.01. The average molecular weight is 339 g/mol. The zero-order valence-electron chi connectivity index (χ0n) is 10.8. The summed E-state index contributed by atoms with van der Waals surface area (Å²) in [6.07, 6.45) is 0. The molecular weight excluding hydrogens is 324 g/mol. The van der Waals surface area contributed by atoms with Gasteiger partial charge in [0.1, 0.15) is 4.90 Å². The Bertz CT molecular complexity index is 731. The van der Waals surface area contributed by atoms with Gasteiger partial charge in [-0.25, -0.2) is 16.8 Å². The monoisotopic (exact) mass is 338 g/mol. The molecule has 1 heterocycles. The van der Waals surface area contributed by atoms with Gasteiger partial charge in [-0.2, -0.15) is 4.31 Å². The van der Waals surface area contributed by atoms with Gasteiger partial charge in [0.15, 0.2) is 9.84 Å². The second-order valence-corrected chi connectivity index (χ2v) is 9.26. The van der Waals surface area contributed by atoms with E-state index in [1.54, 1.807) is 6.92 Å². The Morgan fingerprint density at radius 1 is 1.40 bits per heavy atom. The van der Waals surface area contributed by atoms with Crippen LogP contribution in [0, 0.1) is 0 Å². The van der Waals surface area contributed by atoms with Crippen LogP contribution in [0.4, 0.5) is 5.69 Å². The van der Waals surface area contributed by atoms with Crippen LogP contribution in [-0.2, 0) is 19.9 Å². The minimum absolute atomic E-state index is 0.0330. The van der Waals surface area contributed by atoms with Gasteiger partial charge >= 0.3 is 0 Å². The minimum atomic E-state index is -3.83. The van der Waals surface area contributed by atoms with E-state index in [1.807, 2.05) is 0 Å². The molecule has 6 nitrogen and oxygen atoms in total. The number of sulfone groups is 1. The maximum absolute atomic E-state index is 12.5. The zero-order valence-corrected chi connectivity index (χ0v) is 13.2. The molecular formula is C11H15ClN2O4S2. The van der Waals surface area contributed by atoms with Crippen molar-refractivity contribution in [1.29, 1.82) is 0 Å². The van der Waals surface area contributed by atoms with Crippen LogP contribution in [0.5, 0.6) is 0 Å². The first-order chi connectivity index (χ1) is 9.13. The fourth-order valence-corrected chi connectivity index (χ4v) is 6.12. The predicted molar refractivity (Wildman–Crippen MR) is 77.9 cm³/mol. The second kappa shape index (κ2) is 5.18. The van der Waals surface area contributed by atoms with E-state index in [9.17, 15) is 16.8 Å². The van der Waals surface area contributed by atoms with E-state index in [0.717, 1.165) is 0 Å². The van der Waals surface area contributed by atoms with E-state index in [1.165, 1.54) is 22.5 Å². The quantitative estimate of drug-likeness (QED) is 0.802. The third kappa shape index (κ3) is 2.93. The molecule has 0 radical (unpaired) electrons. The van der Waals surface area contributed by atoms with Gasteiger partial charge in [-0.3, -0.25) is 0 Å². The number of halogens is 1. The van der Waals surface area contributed by atoms with Crippen molar-refractivity contribution in [3.8, 4) is 0 Å². The van der Waals surface area contributed by atoms with Crippen molar-refractivity contribution in [2.75, 3.05) is 23.8 Å². The van der Waals surface area contributed by atoms with Crippen molar-refractivity contribution in [3.05, 3.63) is 23.2 Å². The van der Waals surface area contributed by atoms with Crippen LogP contribution in [0.2, 0.25) is 5.02 Å². The van der Waals surface area contributed by atoms with Crippen molar-refractivity contribution in [2.45, 2.75) is 17.9 Å². The molecule has 0 aromatic heterocycles. The van der Waals surface area contributed by atoms with E-state index in [-0.39, 0.29) is 28.0 Å². The molecule has 20 heavy (non-hydrogen) atoms. The fraction of sp³-hybridized carbons (Fsp3) is 0.455. The molecule has 1 atom stereocenters. The summed E-state index contributed by atoms with van der Waals surface area (Å²) in [5, 5.41) is 0.0330. The molecule has 2 N–H and O–H groups in total. The summed E-state index contributed by atoms with van der Waals surface area (Å²) >= 11 is 5.93. The van der Waals surface area contributed by atoms with E-state index >= 15 is 0 Å². The highest BCUT2D eigenvalue weighted by Gasteiger charge is 2.37. The van der Waals surface area contributed by atoms with Crippen LogP contribution in [0.25, 0.3) is 0 Å². The lowest BCUT2D eigenvalue weighted by Gasteiger charge is -2.32. The maximum atomic E-state index is 12.5. The molecule has 1 aromatic carbocycles. The third-order valence-corrected chi connectivity index (χ3v) is 7.44. The average Bonchev–Trinajstić information content (AvgIpc) is 2.26. The predicted octanol–water partition coefficient (Wildman–Crippen LogP) is 0.730. The van der Waals surface area contributed by atoms with Crippen molar-refractivity contribution >= 4 is 37.1 Å². The van der Waals surface area contributed by atoms with Crippen LogP contribution in [0.3, 0.4) is 0 Å². The largest absolute Gasteiger partial charge is 0.399 e. The summed E-state index contributed by atoms with van der Waals surface area (Å²) in [5.74, 6) is -0.359. The van der Waals surface area contributed by atoms with E-state index in [4.69, 9.17) is 17.3 Å². The lowest BCUT2D eigenvalue weighted by atomic mass is 10.3. The number of hydrogen-bond acceptors (Lipinski definition) is 5. The molecule has 0 aliphatic carbocycles. The number of rotatable bonds is 2. The van der Waals surface area contributed by atoms with Gasteiger partial charge < -0.3 is 5.73 Å². The summed E-state index contributed by atoms with van der Waals surface area (Å²) < 4.78 is 49.3. The molecule has 0 saturated carbocycles. The van der Waals surface area contributed by atoms with E-state index in [0.29, 0.717) is 5.69 Å². The van der Waals surface area contributed by atoms with Crippen molar-refractivity contribution in [2.24, 2.45) is 0 Å². The molecule has 1 saturated heterocycles. The fourth-order valence-electron chi connectivity index (χ4n) is 2.19. The van der Waals surface area contributed by atoms with Gasteiger partial charge in [-0.05, 0) is 25.1 Å². The molecule has 2 rings (SSSR count). The summed E-state index contributed by atoms with van der Waals surface area (Å²) in [6.45, 7) is 1.51. The SMILES string of the molecule is CC1CS(=O)(=O)CCN1S(=O)(=O)c1ccc(N)cc1Cl. The van der Waals surface area contributed by atoms with Crippen LogP contribution >= 0.6 is 11.6 Å². The number of anilines is 1. The normalized spacial score (nSPS) is 23.6. The molecule has 0 bridgehead atoms. The first-order valence-electron chi connectivity index (χ1n) is 5.91. The van der Waals surface area contributed by atoms with Gasteiger partial charge in [0.05, 0.1) is 16.5 Å². The van der Waals surface area contributed by atoms with Gasteiger partial charge in [0.25, 0.3) is 0 Å². The smallest absolute Gasteiger partial charge is 0.244 e. The molecule has 1 fully saturated rings. The summed E-state index contributed by atoms with van der Waals surface area (Å²) in [4.78, 5) is -0.0560. The maximum Gasteiger partial charge on any atom is 0.244 e. The summed E-state index contributed by atoms with van der Waals surface area (Å²) in [5.41, 5.74) is 5.90. The van der Waals surface area contributed by atoms with Crippen LogP contribution in [0.1, 0.15) is 6.92 Å². The molecule has 112 valence electrons. The van der Waals surface area contributed by atoms with Crippen molar-refractivity contribution in [1.82, 2.24) is 4.31 Å². The highest BCUT2D eigenvalue weighted by atomic mass is 35.5. The molecule has 9 heteroatoms. The van der Waals surface area contributed by atoms with Crippen LogP contribution in [0.15, 0.2) is 23.1 Å². The molecule has 1 aliphatic rings. The van der Waals surface area contributed by atoms with Gasteiger partial charge in [-0.1, -0.05) is 11.6 Å². The number of nitrogen functional groups attached to an aromatic ring is 1. The molecule has 0 spiro atoms. The van der Waals surface area contributed by atoms with E-state index in [2.05, 4.69) is 0 Å². The molecule has 0 amide bonds. The first kappa shape index (κ1) is 15.6. The zero-order chi connectivity index (χ0) is 15.1. The Morgan fingerprint density at radius 2 is 2.05 bits per heavy atom. The number of hydrogen-bond donors (Lipinski definition) is 1. The number of nitrogens with zero attached hydrogens (tertiary/aromatic N) is 1. The van der Waals surface area contributed by atoms with E-state index < -0.39 is 25.9 Å². The number of benzene rings is 1. The topological polar surface area (TPSA) is 97.5 Å². The van der Waals surface area contributed by atoms with Crippen molar-refractivity contribution in [3.63, 3.8) is 0 Å². The Hall–Kier alpha value is -0.830. The van der Waals surface area contributed by atoms with Crippen LogP contribution < -0.4 is 5.73 Å². The Labute approximate surface area is 123 Å². The molecule has 1 aromatic rings. The van der Waals surface area contributed by atoms with Crippen LogP contribution in [-0.4, -0.2) is 45.2 Å². The molecule has 1 unspecified atom stereocenters. The lowest BCUT2D eigenvalue weighted by molar-refractivity contribution is 0.357. The Morgan fingerprint density at radius 3 is 2.60 bits per heavy atom. The standard InChI is InChI=1S/C11H15ClN2O4S2/c1-8-7-19(15,16)5-4-14(8)20(17,18)11-3-2-9(13)6-10(11)12/h2-3,6,8H,4-5,7,13H2,1H3. The lowest BCUT2D eigenvalue weighted by Crippen LogP contribution is -2.49. The van der Waals surface area contributed by atoms with Gasteiger partial charge in [-0.15, -0.1) is 0 Å². The van der Waals surface area contributed by atoms with Crippen molar-refractivity contribution < 1.29 is 16.8 Å². The van der Waals surface area contributed by atoms with Gasteiger partial charge in [0, 0.05) is 18.3 Å². The highest BCUT2D eigenvalue weighted by Crippen LogP contribution is 2.29. The van der Waals surface area contributed by atoms with Gasteiger partial charge in [0.2, 0.25) is 10.0 Å². The first-order valence-corrected chi connectivity index (χ1v) is 9.55. The number of sulfonamides is 1. The molecule has 1 aliphatic heterocycles.